The van der Waals surface area contributed by atoms with E-state index in [0.29, 0.717) is 12.0 Å². The number of aryl methyl sites for hydroxylation is 1. The predicted octanol–water partition coefficient (Wildman–Crippen LogP) is 2.97. The van der Waals surface area contributed by atoms with Gasteiger partial charge in [0.25, 0.3) is 0 Å². The summed E-state index contributed by atoms with van der Waals surface area (Å²) in [5.74, 6) is 0.553. The van der Waals surface area contributed by atoms with Gasteiger partial charge in [-0.15, -0.1) is 0 Å². The van der Waals surface area contributed by atoms with E-state index in [9.17, 15) is 0 Å². The predicted molar refractivity (Wildman–Crippen MR) is 75.7 cm³/mol. The molecule has 0 bridgehead atoms. The molecule has 0 radical (unpaired) electrons. The second-order valence-electron chi connectivity index (χ2n) is 4.72. The van der Waals surface area contributed by atoms with Gasteiger partial charge in [0.1, 0.15) is 0 Å². The molecule has 1 N–H and O–H groups in total. The van der Waals surface area contributed by atoms with Gasteiger partial charge in [0.15, 0.2) is 0 Å². The molecule has 1 heterocycles. The van der Waals surface area contributed by atoms with E-state index in [1.807, 2.05) is 12.4 Å². The molecule has 2 unspecified atom stereocenters. The first-order chi connectivity index (χ1) is 8.74. The molecule has 0 aliphatic heterocycles. The van der Waals surface area contributed by atoms with Gasteiger partial charge in [-0.3, -0.25) is 4.98 Å². The number of nitrogens with one attached hydrogen (secondary N) is 1. The topological polar surface area (TPSA) is 34.2 Å². The number of pyridine rings is 1. The van der Waals surface area contributed by atoms with Gasteiger partial charge in [-0.05, 0) is 42.5 Å². The highest BCUT2D eigenvalue weighted by atomic mass is 16.5. The molecular formula is C15H26N2O. The lowest BCUT2D eigenvalue weighted by atomic mass is 9.89. The zero-order chi connectivity index (χ0) is 13.4. The molecule has 18 heavy (non-hydrogen) atoms. The van der Waals surface area contributed by atoms with E-state index in [1.54, 1.807) is 7.11 Å². The van der Waals surface area contributed by atoms with Gasteiger partial charge in [-0.25, -0.2) is 0 Å². The third-order valence-electron chi connectivity index (χ3n) is 3.43. The fourth-order valence-electron chi connectivity index (χ4n) is 2.34. The lowest BCUT2D eigenvalue weighted by molar-refractivity contribution is 0.170. The Hall–Kier alpha value is -0.930. The van der Waals surface area contributed by atoms with Crippen LogP contribution in [0.4, 0.5) is 0 Å². The fraction of sp³-hybridized carbons (Fsp3) is 0.667. The number of hydrogen-bond donors (Lipinski definition) is 1. The van der Waals surface area contributed by atoms with Crippen molar-refractivity contribution in [2.45, 2.75) is 39.7 Å². The summed E-state index contributed by atoms with van der Waals surface area (Å²) in [6.07, 6.45) is 5.98. The highest BCUT2D eigenvalue weighted by Gasteiger charge is 2.20. The van der Waals surface area contributed by atoms with Crippen LogP contribution in [0, 0.1) is 5.92 Å². The number of hydrogen-bond acceptors (Lipinski definition) is 3. The van der Waals surface area contributed by atoms with Gasteiger partial charge in [0.05, 0.1) is 0 Å². The summed E-state index contributed by atoms with van der Waals surface area (Å²) in [5.41, 5.74) is 2.73. The van der Waals surface area contributed by atoms with Crippen LogP contribution >= 0.6 is 0 Å². The zero-order valence-electron chi connectivity index (χ0n) is 12.1. The van der Waals surface area contributed by atoms with E-state index < -0.39 is 0 Å². The molecule has 1 rings (SSSR count). The maximum atomic E-state index is 5.19. The fourth-order valence-corrected chi connectivity index (χ4v) is 2.34. The maximum absolute atomic E-state index is 5.19. The van der Waals surface area contributed by atoms with Crippen LogP contribution < -0.4 is 5.32 Å². The molecule has 3 nitrogen and oxygen atoms in total. The van der Waals surface area contributed by atoms with Crippen LogP contribution in [0.1, 0.15) is 44.4 Å². The first-order valence-electron chi connectivity index (χ1n) is 6.89. The standard InChI is InChI=1S/C15H26N2O/c1-5-13-11-16-9-7-14(13)15(17-6-2)12(3)8-10-18-4/h7,9,11-12,15,17H,5-6,8,10H2,1-4H3. The van der Waals surface area contributed by atoms with E-state index in [4.69, 9.17) is 4.74 Å². The Balaban J connectivity index is 2.88. The van der Waals surface area contributed by atoms with Crippen molar-refractivity contribution < 1.29 is 4.74 Å². The van der Waals surface area contributed by atoms with Crippen molar-refractivity contribution in [3.05, 3.63) is 29.6 Å². The van der Waals surface area contributed by atoms with Crippen LogP contribution in [-0.4, -0.2) is 25.2 Å². The molecule has 0 aromatic carbocycles. The lowest BCUT2D eigenvalue weighted by Crippen LogP contribution is -2.28. The summed E-state index contributed by atoms with van der Waals surface area (Å²) < 4.78 is 5.19. The molecule has 2 atom stereocenters. The summed E-state index contributed by atoms with van der Waals surface area (Å²) >= 11 is 0. The van der Waals surface area contributed by atoms with Crippen molar-refractivity contribution in [1.29, 1.82) is 0 Å². The van der Waals surface area contributed by atoms with E-state index >= 15 is 0 Å². The van der Waals surface area contributed by atoms with E-state index in [0.717, 1.165) is 26.0 Å². The first kappa shape index (κ1) is 15.1. The molecule has 1 aromatic rings. The smallest absolute Gasteiger partial charge is 0.0465 e. The first-order valence-corrected chi connectivity index (χ1v) is 6.89. The largest absolute Gasteiger partial charge is 0.385 e. The molecule has 0 aliphatic carbocycles. The van der Waals surface area contributed by atoms with Crippen LogP contribution in [0.15, 0.2) is 18.5 Å². The number of methoxy groups -OCH3 is 1. The minimum Gasteiger partial charge on any atom is -0.385 e. The van der Waals surface area contributed by atoms with Crippen molar-refractivity contribution in [2.75, 3.05) is 20.3 Å². The van der Waals surface area contributed by atoms with Crippen LogP contribution in [0.3, 0.4) is 0 Å². The van der Waals surface area contributed by atoms with Crippen molar-refractivity contribution >= 4 is 0 Å². The normalized spacial score (nSPS) is 14.4. The minimum absolute atomic E-state index is 0.392. The maximum Gasteiger partial charge on any atom is 0.0465 e. The van der Waals surface area contributed by atoms with Gasteiger partial charge in [-0.2, -0.15) is 0 Å². The Morgan fingerprint density at radius 1 is 1.39 bits per heavy atom. The van der Waals surface area contributed by atoms with Gasteiger partial charge >= 0.3 is 0 Å². The minimum atomic E-state index is 0.392. The lowest BCUT2D eigenvalue weighted by Gasteiger charge is -2.27. The Morgan fingerprint density at radius 2 is 2.17 bits per heavy atom. The van der Waals surface area contributed by atoms with Gasteiger partial charge in [-0.1, -0.05) is 20.8 Å². The Labute approximate surface area is 111 Å². The molecule has 0 spiro atoms. The highest BCUT2D eigenvalue weighted by Crippen LogP contribution is 2.27. The van der Waals surface area contributed by atoms with Gasteiger partial charge in [0, 0.05) is 32.2 Å². The third-order valence-corrected chi connectivity index (χ3v) is 3.43. The molecule has 0 amide bonds. The van der Waals surface area contributed by atoms with Crippen molar-refractivity contribution in [3.63, 3.8) is 0 Å². The SMILES string of the molecule is CCNC(c1ccncc1CC)C(C)CCOC. The zero-order valence-corrected chi connectivity index (χ0v) is 12.1. The number of aromatic nitrogens is 1. The number of nitrogens with zero attached hydrogens (tertiary/aromatic N) is 1. The Bertz CT molecular complexity index is 341. The average molecular weight is 250 g/mol. The summed E-state index contributed by atoms with van der Waals surface area (Å²) in [5, 5.41) is 3.60. The molecule has 0 saturated carbocycles. The summed E-state index contributed by atoms with van der Waals surface area (Å²) in [6.45, 7) is 8.42. The van der Waals surface area contributed by atoms with Crippen LogP contribution in [0.5, 0.6) is 0 Å². The molecule has 0 fully saturated rings. The van der Waals surface area contributed by atoms with Crippen molar-refractivity contribution in [3.8, 4) is 0 Å². The van der Waals surface area contributed by atoms with Crippen LogP contribution in [-0.2, 0) is 11.2 Å². The second-order valence-corrected chi connectivity index (χ2v) is 4.72. The number of ether oxygens (including phenoxy) is 1. The molecule has 1 aromatic heterocycles. The van der Waals surface area contributed by atoms with Crippen LogP contribution in [0.25, 0.3) is 0 Å². The van der Waals surface area contributed by atoms with E-state index in [1.165, 1.54) is 11.1 Å². The van der Waals surface area contributed by atoms with Crippen molar-refractivity contribution in [2.24, 2.45) is 5.92 Å². The molecule has 102 valence electrons. The Morgan fingerprint density at radius 3 is 2.78 bits per heavy atom. The molecule has 3 heteroatoms. The van der Waals surface area contributed by atoms with Crippen molar-refractivity contribution in [1.82, 2.24) is 10.3 Å². The Kier molecular flexibility index (Phi) is 6.91. The summed E-state index contributed by atoms with van der Waals surface area (Å²) in [4.78, 5) is 4.23. The quantitative estimate of drug-likeness (QED) is 0.770. The second kappa shape index (κ2) is 8.22. The summed E-state index contributed by atoms with van der Waals surface area (Å²) in [7, 11) is 1.76. The highest BCUT2D eigenvalue weighted by molar-refractivity contribution is 5.27. The van der Waals surface area contributed by atoms with Gasteiger partial charge < -0.3 is 10.1 Å². The number of rotatable bonds is 8. The van der Waals surface area contributed by atoms with Gasteiger partial charge in [0.2, 0.25) is 0 Å². The molecular weight excluding hydrogens is 224 g/mol. The van der Waals surface area contributed by atoms with E-state index in [2.05, 4.69) is 37.1 Å². The molecule has 0 aliphatic rings. The molecule has 0 saturated heterocycles. The van der Waals surface area contributed by atoms with E-state index in [-0.39, 0.29) is 0 Å². The average Bonchev–Trinajstić information content (AvgIpc) is 2.42. The third kappa shape index (κ3) is 4.07. The monoisotopic (exact) mass is 250 g/mol. The summed E-state index contributed by atoms with van der Waals surface area (Å²) in [6, 6.07) is 2.54. The van der Waals surface area contributed by atoms with Crippen LogP contribution in [0.2, 0.25) is 0 Å².